The van der Waals surface area contributed by atoms with E-state index in [4.69, 9.17) is 16.3 Å². The molecule has 1 aromatic carbocycles. The summed E-state index contributed by atoms with van der Waals surface area (Å²) in [5, 5.41) is 0.334. The Bertz CT molecular complexity index is 792. The summed E-state index contributed by atoms with van der Waals surface area (Å²) in [5.74, 6) is -0.149. The second kappa shape index (κ2) is 5.34. The summed E-state index contributed by atoms with van der Waals surface area (Å²) in [4.78, 5) is 37.9. The quantitative estimate of drug-likeness (QED) is 0.867. The highest BCUT2D eigenvalue weighted by atomic mass is 35.5. The van der Waals surface area contributed by atoms with E-state index in [2.05, 4.69) is 4.98 Å². The molecule has 0 aliphatic rings. The SMILES string of the molecule is COc1ccc(Cl)cc1-n1c(=O)[nH]cc(C(C)=O)c1=O. The molecule has 0 saturated heterocycles. The number of nitrogens with one attached hydrogen (secondary N) is 1. The molecular weight excluding hydrogens is 284 g/mol. The summed E-state index contributed by atoms with van der Waals surface area (Å²) in [6, 6.07) is 4.52. The number of methoxy groups -OCH3 is 1. The van der Waals surface area contributed by atoms with Crippen molar-refractivity contribution < 1.29 is 9.53 Å². The number of aromatic nitrogens is 2. The lowest BCUT2D eigenvalue weighted by molar-refractivity contribution is 0.101. The number of rotatable bonds is 3. The number of hydrogen-bond acceptors (Lipinski definition) is 4. The van der Waals surface area contributed by atoms with E-state index in [-0.39, 0.29) is 11.3 Å². The first-order valence-electron chi connectivity index (χ1n) is 5.65. The Balaban J connectivity index is 2.86. The molecule has 0 fully saturated rings. The van der Waals surface area contributed by atoms with Gasteiger partial charge in [0.05, 0.1) is 18.4 Å². The molecular formula is C13H11ClN2O4. The summed E-state index contributed by atoms with van der Waals surface area (Å²) in [6.45, 7) is 1.24. The normalized spacial score (nSPS) is 10.3. The van der Waals surface area contributed by atoms with Crippen molar-refractivity contribution in [2.24, 2.45) is 0 Å². The molecule has 0 radical (unpaired) electrons. The second-order valence-electron chi connectivity index (χ2n) is 4.02. The topological polar surface area (TPSA) is 81.2 Å². The third kappa shape index (κ3) is 2.37. The number of benzene rings is 1. The van der Waals surface area contributed by atoms with Gasteiger partial charge in [-0.05, 0) is 25.1 Å². The minimum absolute atomic E-state index is 0.119. The fourth-order valence-corrected chi connectivity index (χ4v) is 1.95. The highest BCUT2D eigenvalue weighted by Gasteiger charge is 2.15. The van der Waals surface area contributed by atoms with Gasteiger partial charge < -0.3 is 9.72 Å². The lowest BCUT2D eigenvalue weighted by atomic mass is 10.2. The molecule has 7 heteroatoms. The smallest absolute Gasteiger partial charge is 0.333 e. The molecule has 1 N–H and O–H groups in total. The number of H-pyrrole nitrogens is 1. The number of carbonyl (C=O) groups excluding carboxylic acids is 1. The van der Waals surface area contributed by atoms with Gasteiger partial charge in [0.15, 0.2) is 5.78 Å². The Labute approximate surface area is 118 Å². The van der Waals surface area contributed by atoms with Gasteiger partial charge >= 0.3 is 5.69 Å². The van der Waals surface area contributed by atoms with E-state index in [1.807, 2.05) is 0 Å². The number of ketones is 1. The number of aromatic amines is 1. The highest BCUT2D eigenvalue weighted by molar-refractivity contribution is 6.30. The Morgan fingerprint density at radius 3 is 2.65 bits per heavy atom. The van der Waals surface area contributed by atoms with Crippen LogP contribution >= 0.6 is 11.6 Å². The molecule has 0 bridgehead atoms. The highest BCUT2D eigenvalue weighted by Crippen LogP contribution is 2.24. The lowest BCUT2D eigenvalue weighted by Crippen LogP contribution is -2.36. The van der Waals surface area contributed by atoms with E-state index in [1.165, 1.54) is 26.2 Å². The number of ether oxygens (including phenoxy) is 1. The molecule has 0 aliphatic heterocycles. The molecule has 0 spiro atoms. The summed E-state index contributed by atoms with van der Waals surface area (Å²) >= 11 is 5.88. The minimum atomic E-state index is -0.721. The monoisotopic (exact) mass is 294 g/mol. The van der Waals surface area contributed by atoms with Crippen LogP contribution in [0.1, 0.15) is 17.3 Å². The molecule has 0 saturated carbocycles. The molecule has 20 heavy (non-hydrogen) atoms. The number of Topliss-reactive ketones (excluding diaryl/α,β-unsaturated/α-hetero) is 1. The van der Waals surface area contributed by atoms with Crippen molar-refractivity contribution in [3.8, 4) is 11.4 Å². The lowest BCUT2D eigenvalue weighted by Gasteiger charge is -2.10. The third-order valence-corrected chi connectivity index (χ3v) is 2.97. The summed E-state index contributed by atoms with van der Waals surface area (Å²) in [5.41, 5.74) is -1.34. The Morgan fingerprint density at radius 2 is 2.05 bits per heavy atom. The Kier molecular flexibility index (Phi) is 3.76. The predicted octanol–water partition coefficient (Wildman–Crippen LogP) is 1.39. The van der Waals surface area contributed by atoms with E-state index < -0.39 is 17.0 Å². The van der Waals surface area contributed by atoms with Crippen molar-refractivity contribution in [1.29, 1.82) is 0 Å². The maximum Gasteiger partial charge on any atom is 0.333 e. The molecule has 0 amide bonds. The summed E-state index contributed by atoms with van der Waals surface area (Å²) in [7, 11) is 1.40. The second-order valence-corrected chi connectivity index (χ2v) is 4.46. The van der Waals surface area contributed by atoms with Gasteiger partial charge in [-0.15, -0.1) is 0 Å². The standard InChI is InChI=1S/C13H11ClN2O4/c1-7(17)9-6-15-13(19)16(12(9)18)10-5-8(14)3-4-11(10)20-2/h3-6H,1-2H3,(H,15,19). The van der Waals surface area contributed by atoms with Crippen LogP contribution in [0.3, 0.4) is 0 Å². The van der Waals surface area contributed by atoms with Crippen molar-refractivity contribution in [3.05, 3.63) is 55.8 Å². The van der Waals surface area contributed by atoms with Crippen LogP contribution < -0.4 is 16.0 Å². The molecule has 104 valence electrons. The van der Waals surface area contributed by atoms with E-state index in [1.54, 1.807) is 6.07 Å². The molecule has 2 rings (SSSR count). The summed E-state index contributed by atoms with van der Waals surface area (Å²) in [6.07, 6.45) is 1.10. The minimum Gasteiger partial charge on any atom is -0.495 e. The van der Waals surface area contributed by atoms with Gasteiger partial charge in [0, 0.05) is 11.2 Å². The van der Waals surface area contributed by atoms with Crippen molar-refractivity contribution in [1.82, 2.24) is 9.55 Å². The van der Waals surface area contributed by atoms with Crippen LogP contribution in [0.5, 0.6) is 5.75 Å². The fraction of sp³-hybridized carbons (Fsp3) is 0.154. The van der Waals surface area contributed by atoms with Gasteiger partial charge in [-0.3, -0.25) is 9.59 Å². The van der Waals surface area contributed by atoms with Gasteiger partial charge in [0.25, 0.3) is 5.56 Å². The van der Waals surface area contributed by atoms with Gasteiger partial charge in [-0.2, -0.15) is 0 Å². The van der Waals surface area contributed by atoms with Crippen LogP contribution in [0.2, 0.25) is 5.02 Å². The first-order chi connectivity index (χ1) is 9.45. The van der Waals surface area contributed by atoms with Crippen LogP contribution in [-0.4, -0.2) is 22.4 Å². The average Bonchev–Trinajstić information content (AvgIpc) is 2.38. The number of carbonyl (C=O) groups is 1. The molecule has 2 aromatic rings. The predicted molar refractivity (Wildman–Crippen MR) is 74.2 cm³/mol. The zero-order chi connectivity index (χ0) is 14.9. The van der Waals surface area contributed by atoms with Crippen molar-refractivity contribution in [2.45, 2.75) is 6.92 Å². The molecule has 1 aromatic heterocycles. The van der Waals surface area contributed by atoms with Crippen LogP contribution in [-0.2, 0) is 0 Å². The molecule has 6 nitrogen and oxygen atoms in total. The number of nitrogens with zero attached hydrogens (tertiary/aromatic N) is 1. The van der Waals surface area contributed by atoms with Crippen LogP contribution in [0.25, 0.3) is 5.69 Å². The molecule has 0 aliphatic carbocycles. The van der Waals surface area contributed by atoms with Crippen LogP contribution in [0.4, 0.5) is 0 Å². The zero-order valence-electron chi connectivity index (χ0n) is 10.8. The maximum atomic E-state index is 12.2. The Hall–Kier alpha value is -2.34. The van der Waals surface area contributed by atoms with E-state index in [9.17, 15) is 14.4 Å². The van der Waals surface area contributed by atoms with Crippen molar-refractivity contribution >= 4 is 17.4 Å². The molecule has 0 atom stereocenters. The first kappa shape index (κ1) is 14.1. The molecule has 1 heterocycles. The van der Waals surface area contributed by atoms with E-state index in [0.29, 0.717) is 10.8 Å². The maximum absolute atomic E-state index is 12.2. The number of hydrogen-bond donors (Lipinski definition) is 1. The van der Waals surface area contributed by atoms with Gasteiger partial charge in [0.2, 0.25) is 0 Å². The molecule has 0 unspecified atom stereocenters. The van der Waals surface area contributed by atoms with Gasteiger partial charge in [0.1, 0.15) is 5.75 Å². The largest absolute Gasteiger partial charge is 0.495 e. The van der Waals surface area contributed by atoms with Crippen LogP contribution in [0, 0.1) is 0 Å². The fourth-order valence-electron chi connectivity index (χ4n) is 1.78. The van der Waals surface area contributed by atoms with Gasteiger partial charge in [-0.25, -0.2) is 9.36 Å². The third-order valence-electron chi connectivity index (χ3n) is 2.74. The van der Waals surface area contributed by atoms with E-state index in [0.717, 1.165) is 10.8 Å². The summed E-state index contributed by atoms with van der Waals surface area (Å²) < 4.78 is 5.93. The van der Waals surface area contributed by atoms with E-state index >= 15 is 0 Å². The zero-order valence-corrected chi connectivity index (χ0v) is 11.5. The van der Waals surface area contributed by atoms with Gasteiger partial charge in [-0.1, -0.05) is 11.6 Å². The average molecular weight is 295 g/mol. The number of halogens is 1. The Morgan fingerprint density at radius 1 is 1.35 bits per heavy atom. The van der Waals surface area contributed by atoms with Crippen LogP contribution in [0.15, 0.2) is 34.0 Å². The first-order valence-corrected chi connectivity index (χ1v) is 6.03. The van der Waals surface area contributed by atoms with Crippen molar-refractivity contribution in [2.75, 3.05) is 7.11 Å². The van der Waals surface area contributed by atoms with Crippen molar-refractivity contribution in [3.63, 3.8) is 0 Å².